The standard InChI is InChI=1S/C24H26N2O2/c27-24(26-11-9-20(10-12-26)25-13-15-28-16-14-25)23-21-7-3-1-5-18(21)17-19-6-2-4-8-22(19)23/h1-8,17,20H,9-16H2. The molecule has 0 spiro atoms. The fourth-order valence-corrected chi connectivity index (χ4v) is 4.78. The van der Waals surface area contributed by atoms with Gasteiger partial charge in [-0.3, -0.25) is 9.69 Å². The monoisotopic (exact) mass is 374 g/mol. The van der Waals surface area contributed by atoms with Crippen LogP contribution in [0.5, 0.6) is 0 Å². The van der Waals surface area contributed by atoms with Gasteiger partial charge in [-0.25, -0.2) is 0 Å². The molecule has 2 aliphatic heterocycles. The minimum atomic E-state index is 0.174. The Morgan fingerprint density at radius 3 is 2.00 bits per heavy atom. The molecular formula is C24H26N2O2. The van der Waals surface area contributed by atoms with Crippen molar-refractivity contribution >= 4 is 27.5 Å². The highest BCUT2D eigenvalue weighted by atomic mass is 16.5. The lowest BCUT2D eigenvalue weighted by Gasteiger charge is -2.40. The Labute approximate surface area is 165 Å². The molecule has 28 heavy (non-hydrogen) atoms. The molecule has 5 rings (SSSR count). The van der Waals surface area contributed by atoms with Crippen LogP contribution in [0.3, 0.4) is 0 Å². The third-order valence-corrected chi connectivity index (χ3v) is 6.30. The predicted octanol–water partition coefficient (Wildman–Crippen LogP) is 3.93. The largest absolute Gasteiger partial charge is 0.379 e. The van der Waals surface area contributed by atoms with Gasteiger partial charge in [0.15, 0.2) is 0 Å². The van der Waals surface area contributed by atoms with Gasteiger partial charge in [0.2, 0.25) is 0 Å². The molecule has 144 valence electrons. The second-order valence-corrected chi connectivity index (χ2v) is 7.87. The van der Waals surface area contributed by atoms with E-state index in [9.17, 15) is 4.79 Å². The average Bonchev–Trinajstić information content (AvgIpc) is 2.77. The first-order valence-corrected chi connectivity index (χ1v) is 10.3. The summed E-state index contributed by atoms with van der Waals surface area (Å²) in [5.74, 6) is 0.174. The number of carbonyl (C=O) groups excluding carboxylic acids is 1. The van der Waals surface area contributed by atoms with Gasteiger partial charge in [0.25, 0.3) is 5.91 Å². The average molecular weight is 374 g/mol. The van der Waals surface area contributed by atoms with E-state index in [4.69, 9.17) is 4.74 Å². The number of benzene rings is 3. The normalized spacial score (nSPS) is 19.4. The first kappa shape index (κ1) is 17.7. The van der Waals surface area contributed by atoms with Gasteiger partial charge in [-0.1, -0.05) is 48.5 Å². The molecule has 0 saturated carbocycles. The van der Waals surface area contributed by atoms with Crippen molar-refractivity contribution in [2.24, 2.45) is 0 Å². The first-order chi connectivity index (χ1) is 13.8. The van der Waals surface area contributed by atoms with E-state index in [1.165, 1.54) is 0 Å². The van der Waals surface area contributed by atoms with E-state index in [1.807, 2.05) is 24.3 Å². The van der Waals surface area contributed by atoms with Crippen molar-refractivity contribution in [2.45, 2.75) is 18.9 Å². The maximum atomic E-state index is 13.6. The summed E-state index contributed by atoms with van der Waals surface area (Å²) in [5.41, 5.74) is 0.860. The topological polar surface area (TPSA) is 32.8 Å². The lowest BCUT2D eigenvalue weighted by atomic mass is 9.94. The molecule has 3 aromatic rings. The second-order valence-electron chi connectivity index (χ2n) is 7.87. The number of rotatable bonds is 2. The number of hydrogen-bond acceptors (Lipinski definition) is 3. The molecule has 0 aromatic heterocycles. The maximum absolute atomic E-state index is 13.6. The zero-order valence-electron chi connectivity index (χ0n) is 16.1. The van der Waals surface area contributed by atoms with Crippen molar-refractivity contribution in [3.05, 3.63) is 60.2 Å². The number of amides is 1. The fourth-order valence-electron chi connectivity index (χ4n) is 4.78. The minimum Gasteiger partial charge on any atom is -0.379 e. The summed E-state index contributed by atoms with van der Waals surface area (Å²) in [6.07, 6.45) is 2.10. The Bertz CT molecular complexity index is 948. The van der Waals surface area contributed by atoms with Crippen LogP contribution in [-0.2, 0) is 4.74 Å². The number of ether oxygens (including phenoxy) is 1. The number of morpholine rings is 1. The second kappa shape index (κ2) is 7.53. The predicted molar refractivity (Wildman–Crippen MR) is 113 cm³/mol. The number of likely N-dealkylation sites (tertiary alicyclic amines) is 1. The Morgan fingerprint density at radius 2 is 1.39 bits per heavy atom. The highest BCUT2D eigenvalue weighted by Crippen LogP contribution is 2.30. The van der Waals surface area contributed by atoms with Crippen molar-refractivity contribution in [1.29, 1.82) is 0 Å². The zero-order chi connectivity index (χ0) is 18.9. The number of piperidine rings is 1. The molecule has 2 aliphatic rings. The zero-order valence-corrected chi connectivity index (χ0v) is 16.1. The third kappa shape index (κ3) is 3.17. The van der Waals surface area contributed by atoms with E-state index < -0.39 is 0 Å². The Morgan fingerprint density at radius 1 is 0.821 bits per heavy atom. The minimum absolute atomic E-state index is 0.174. The summed E-state index contributed by atoms with van der Waals surface area (Å²) in [6.45, 7) is 5.37. The SMILES string of the molecule is O=C(c1c2ccccc2cc2ccccc12)N1CCC(N2CCOCC2)CC1. The first-order valence-electron chi connectivity index (χ1n) is 10.3. The van der Waals surface area contributed by atoms with Gasteiger partial charge in [-0.2, -0.15) is 0 Å². The molecule has 2 saturated heterocycles. The van der Waals surface area contributed by atoms with Crippen LogP contribution in [0.2, 0.25) is 0 Å². The van der Waals surface area contributed by atoms with Crippen molar-refractivity contribution in [3.8, 4) is 0 Å². The number of nitrogens with zero attached hydrogens (tertiary/aromatic N) is 2. The molecule has 2 fully saturated rings. The van der Waals surface area contributed by atoms with Crippen molar-refractivity contribution in [3.63, 3.8) is 0 Å². The molecule has 0 aliphatic carbocycles. The molecule has 2 heterocycles. The summed E-state index contributed by atoms with van der Waals surface area (Å²) < 4.78 is 5.48. The van der Waals surface area contributed by atoms with Crippen molar-refractivity contribution < 1.29 is 9.53 Å². The molecule has 0 atom stereocenters. The maximum Gasteiger partial charge on any atom is 0.255 e. The van der Waals surface area contributed by atoms with Crippen molar-refractivity contribution in [1.82, 2.24) is 9.80 Å². The van der Waals surface area contributed by atoms with Crippen LogP contribution in [0, 0.1) is 0 Å². The number of carbonyl (C=O) groups is 1. The highest BCUT2D eigenvalue weighted by molar-refractivity contribution is 6.18. The van der Waals surface area contributed by atoms with Gasteiger partial charge in [0, 0.05) is 32.2 Å². The van der Waals surface area contributed by atoms with Gasteiger partial charge in [-0.05, 0) is 40.5 Å². The van der Waals surface area contributed by atoms with E-state index in [-0.39, 0.29) is 5.91 Å². The van der Waals surface area contributed by atoms with E-state index >= 15 is 0 Å². The molecular weight excluding hydrogens is 348 g/mol. The molecule has 0 radical (unpaired) electrons. The number of hydrogen-bond donors (Lipinski definition) is 0. The van der Waals surface area contributed by atoms with Gasteiger partial charge in [-0.15, -0.1) is 0 Å². The molecule has 4 heteroatoms. The molecule has 1 amide bonds. The van der Waals surface area contributed by atoms with Crippen LogP contribution in [0.15, 0.2) is 54.6 Å². The quantitative estimate of drug-likeness (QED) is 0.637. The van der Waals surface area contributed by atoms with Gasteiger partial charge in [0.1, 0.15) is 0 Å². The fraction of sp³-hybridized carbons (Fsp3) is 0.375. The molecule has 0 N–H and O–H groups in total. The summed E-state index contributed by atoms with van der Waals surface area (Å²) in [6, 6.07) is 19.3. The third-order valence-electron chi connectivity index (χ3n) is 6.30. The summed E-state index contributed by atoms with van der Waals surface area (Å²) in [4.78, 5) is 18.2. The van der Waals surface area contributed by atoms with Gasteiger partial charge >= 0.3 is 0 Å². The molecule has 0 unspecified atom stereocenters. The van der Waals surface area contributed by atoms with Crippen LogP contribution in [0.4, 0.5) is 0 Å². The molecule has 3 aromatic carbocycles. The van der Waals surface area contributed by atoms with Crippen LogP contribution in [-0.4, -0.2) is 61.1 Å². The summed E-state index contributed by atoms with van der Waals surface area (Å²) >= 11 is 0. The Kier molecular flexibility index (Phi) is 4.75. The molecule has 0 bridgehead atoms. The summed E-state index contributed by atoms with van der Waals surface area (Å²) in [5, 5.41) is 4.38. The van der Waals surface area contributed by atoms with E-state index in [2.05, 4.69) is 40.1 Å². The lowest BCUT2D eigenvalue weighted by Crippen LogP contribution is -2.50. The van der Waals surface area contributed by atoms with Crippen LogP contribution < -0.4 is 0 Å². The summed E-state index contributed by atoms with van der Waals surface area (Å²) in [7, 11) is 0. The molecule has 4 nitrogen and oxygen atoms in total. The van der Waals surface area contributed by atoms with E-state index in [1.54, 1.807) is 0 Å². The smallest absolute Gasteiger partial charge is 0.255 e. The van der Waals surface area contributed by atoms with E-state index in [0.717, 1.165) is 79.3 Å². The van der Waals surface area contributed by atoms with Crippen molar-refractivity contribution in [2.75, 3.05) is 39.4 Å². The number of fused-ring (bicyclic) bond motifs is 2. The van der Waals surface area contributed by atoms with E-state index in [0.29, 0.717) is 6.04 Å². The lowest BCUT2D eigenvalue weighted by molar-refractivity contribution is 0.00163. The van der Waals surface area contributed by atoms with Crippen LogP contribution in [0.25, 0.3) is 21.5 Å². The Hall–Kier alpha value is -2.43. The highest BCUT2D eigenvalue weighted by Gasteiger charge is 2.29. The van der Waals surface area contributed by atoms with Crippen LogP contribution in [0.1, 0.15) is 23.2 Å². The van der Waals surface area contributed by atoms with Gasteiger partial charge < -0.3 is 9.64 Å². The Balaban J connectivity index is 1.44. The van der Waals surface area contributed by atoms with Gasteiger partial charge in [0.05, 0.1) is 18.8 Å². The van der Waals surface area contributed by atoms with Crippen LogP contribution >= 0.6 is 0 Å².